The van der Waals surface area contributed by atoms with Gasteiger partial charge in [0.25, 0.3) is 0 Å². The Labute approximate surface area is 362 Å². The van der Waals surface area contributed by atoms with Crippen LogP contribution in [-0.4, -0.2) is 97.4 Å². The lowest BCUT2D eigenvalue weighted by Gasteiger charge is -2.37. The average molecular weight is 894 g/mol. The molecule has 58 heavy (non-hydrogen) atoms. The van der Waals surface area contributed by atoms with Crippen LogP contribution in [0, 0.1) is 10.8 Å². The molecule has 3 saturated carbocycles. The maximum Gasteiger partial charge on any atom is 0.309 e. The Morgan fingerprint density at radius 2 is 1.05 bits per heavy atom. The number of carbonyl (C=O) groups is 4. The summed E-state index contributed by atoms with van der Waals surface area (Å²) in [6.07, 6.45) is 20.0. The first kappa shape index (κ1) is 58.3. The molecule has 0 radical (unpaired) electrons. The molecule has 0 spiro atoms. The molecular weight excluding hydrogens is 804 g/mol. The van der Waals surface area contributed by atoms with Crippen LogP contribution in [0.2, 0.25) is 0 Å². The molecule has 3 fully saturated rings. The van der Waals surface area contributed by atoms with Crippen molar-refractivity contribution in [2.45, 2.75) is 202 Å². The maximum absolute atomic E-state index is 12.2. The molecule has 12 nitrogen and oxygen atoms in total. The number of methoxy groups -OCH3 is 1. The highest BCUT2D eigenvalue weighted by Gasteiger charge is 2.37. The number of esters is 2. The first-order valence-electron chi connectivity index (χ1n) is 21.5. The summed E-state index contributed by atoms with van der Waals surface area (Å²) in [6, 6.07) is 0. The van der Waals surface area contributed by atoms with Crippen LogP contribution in [0.25, 0.3) is 0 Å². The van der Waals surface area contributed by atoms with Crippen molar-refractivity contribution in [3.63, 3.8) is 0 Å². The van der Waals surface area contributed by atoms with Crippen LogP contribution in [-0.2, 0) is 33.4 Å². The van der Waals surface area contributed by atoms with Crippen LogP contribution in [0.1, 0.15) is 185 Å². The molecule has 6 N–H and O–H groups in total. The molecule has 3 rings (SSSR count). The Hall–Kier alpha value is -1.80. The van der Waals surface area contributed by atoms with Gasteiger partial charge in [0.05, 0.1) is 30.2 Å². The predicted molar refractivity (Wildman–Crippen MR) is 241 cm³/mol. The van der Waals surface area contributed by atoms with E-state index in [0.29, 0.717) is 31.3 Å². The van der Waals surface area contributed by atoms with Crippen LogP contribution in [0.4, 0.5) is 0 Å². The second-order valence-electron chi connectivity index (χ2n) is 18.5. The van der Waals surface area contributed by atoms with E-state index >= 15 is 0 Å². The van der Waals surface area contributed by atoms with Crippen molar-refractivity contribution in [3.05, 3.63) is 0 Å². The summed E-state index contributed by atoms with van der Waals surface area (Å²) in [5.74, 6) is -0.894. The molecule has 3 aliphatic carbocycles. The lowest BCUT2D eigenvalue weighted by molar-refractivity contribution is -0.163. The lowest BCUT2D eigenvalue weighted by Crippen LogP contribution is -2.40. The third-order valence-electron chi connectivity index (χ3n) is 10.9. The molecule has 3 aliphatic rings. The van der Waals surface area contributed by atoms with Crippen molar-refractivity contribution in [2.24, 2.45) is 16.6 Å². The van der Waals surface area contributed by atoms with E-state index in [-0.39, 0.29) is 61.2 Å². The van der Waals surface area contributed by atoms with E-state index in [4.69, 9.17) is 25.1 Å². The van der Waals surface area contributed by atoms with Crippen LogP contribution < -0.4 is 21.7 Å². The zero-order chi connectivity index (χ0) is 42.1. The quantitative estimate of drug-likeness (QED) is 0.0476. The van der Waals surface area contributed by atoms with Crippen LogP contribution in [0.5, 0.6) is 0 Å². The Bertz CT molecular complexity index is 1120. The fourth-order valence-corrected chi connectivity index (χ4v) is 8.35. The molecule has 0 saturated heterocycles. The molecule has 0 heterocycles. The highest BCUT2D eigenvalue weighted by Crippen LogP contribution is 2.40. The predicted octanol–water partition coefficient (Wildman–Crippen LogP) is 8.85. The van der Waals surface area contributed by atoms with Crippen molar-refractivity contribution in [1.82, 2.24) is 16.0 Å². The number of aliphatic carboxylic acids is 1. The van der Waals surface area contributed by atoms with E-state index in [2.05, 4.69) is 31.9 Å². The molecule has 0 atom stereocenters. The van der Waals surface area contributed by atoms with Gasteiger partial charge in [-0.2, -0.15) is 0 Å². The van der Waals surface area contributed by atoms with Crippen molar-refractivity contribution in [1.29, 1.82) is 0 Å². The number of nitrogens with one attached hydrogen (secondary N) is 3. The topological polar surface area (TPSA) is 178 Å². The minimum Gasteiger partial charge on any atom is -0.481 e. The number of alkyl halides is 1. The summed E-state index contributed by atoms with van der Waals surface area (Å²) in [4.78, 5) is 46.0. The van der Waals surface area contributed by atoms with Crippen LogP contribution >= 0.6 is 15.9 Å². The van der Waals surface area contributed by atoms with Gasteiger partial charge in [-0.15, -0.1) is 0 Å². The number of carboxylic acid groups (broad SMARTS) is 1. The van der Waals surface area contributed by atoms with Crippen LogP contribution in [0.3, 0.4) is 0 Å². The van der Waals surface area contributed by atoms with Gasteiger partial charge >= 0.3 is 17.9 Å². The zero-order valence-electron chi connectivity index (χ0n) is 36.4. The second kappa shape index (κ2) is 30.3. The molecule has 0 aromatic rings. The van der Waals surface area contributed by atoms with Gasteiger partial charge in [-0.3, -0.25) is 19.2 Å². The van der Waals surface area contributed by atoms with Gasteiger partial charge in [0, 0.05) is 26.7 Å². The van der Waals surface area contributed by atoms with Crippen molar-refractivity contribution < 1.29 is 38.5 Å². The number of rotatable bonds is 19. The molecule has 0 bridgehead atoms. The minimum atomic E-state index is -0.696. The molecule has 13 heteroatoms. The lowest BCUT2D eigenvalue weighted by atomic mass is 9.71. The summed E-state index contributed by atoms with van der Waals surface area (Å²) in [7, 11) is 1.70. The van der Waals surface area contributed by atoms with E-state index < -0.39 is 11.6 Å². The molecule has 0 aromatic heterocycles. The summed E-state index contributed by atoms with van der Waals surface area (Å²) < 4.78 is 16.4. The third kappa shape index (κ3) is 27.1. The Morgan fingerprint density at radius 1 is 0.638 bits per heavy atom. The standard InChI is InChI=1S/C16H32N2O2.C14H25BrN2O3.C13H24O3.2CH4/c1-15(2,3)20-14(19)12-16(8-5-4-6-9-16)13-18-11-7-10-17;15-10-12(18)17-8-4-7-16-11-14(9-13(19)20)5-2-1-3-6-14;1-12(2,3)16-11(14)10-13(15-4)8-6-5-7-9-13;;/h18H,4-13,17H2,1-3H3;16H,1-11H2,(H,17,18)(H,19,20);5-10H2,1-4H3;2*1H4. The fraction of sp³-hybridized carbons (Fsp3) is 0.911. The Morgan fingerprint density at radius 3 is 1.45 bits per heavy atom. The summed E-state index contributed by atoms with van der Waals surface area (Å²) in [5.41, 5.74) is 4.49. The smallest absolute Gasteiger partial charge is 0.309 e. The van der Waals surface area contributed by atoms with E-state index in [9.17, 15) is 19.2 Å². The van der Waals surface area contributed by atoms with Crippen molar-refractivity contribution in [2.75, 3.05) is 51.7 Å². The summed E-state index contributed by atoms with van der Waals surface area (Å²) in [6.45, 7) is 16.3. The fourth-order valence-electron chi connectivity index (χ4n) is 8.15. The minimum absolute atomic E-state index is 0. The Kier molecular flexibility index (Phi) is 30.4. The second-order valence-corrected chi connectivity index (χ2v) is 19.1. The van der Waals surface area contributed by atoms with Gasteiger partial charge in [0.15, 0.2) is 0 Å². The molecule has 1 amide bonds. The van der Waals surface area contributed by atoms with E-state index in [1.807, 2.05) is 41.5 Å². The average Bonchev–Trinajstić information content (AvgIpc) is 3.11. The number of ether oxygens (including phenoxy) is 3. The van der Waals surface area contributed by atoms with Gasteiger partial charge < -0.3 is 41.0 Å². The van der Waals surface area contributed by atoms with E-state index in [0.717, 1.165) is 103 Å². The number of hydrogen-bond donors (Lipinski definition) is 5. The van der Waals surface area contributed by atoms with E-state index in [1.54, 1.807) is 7.11 Å². The maximum atomic E-state index is 12.2. The zero-order valence-corrected chi connectivity index (χ0v) is 37.9. The SMILES string of the molecule is C.C.CC(C)(C)OC(=O)CC1(CNCCCN)CCCCC1.COC1(CC(=O)OC(C)(C)C)CCCCC1.O=C(O)CC1(CNCCCNC(=O)CBr)CCCCC1. The first-order chi connectivity index (χ1) is 26.3. The third-order valence-corrected chi connectivity index (χ3v) is 11.4. The monoisotopic (exact) mass is 893 g/mol. The van der Waals surface area contributed by atoms with E-state index in [1.165, 1.54) is 32.1 Å². The molecule has 344 valence electrons. The van der Waals surface area contributed by atoms with Crippen molar-refractivity contribution in [3.8, 4) is 0 Å². The summed E-state index contributed by atoms with van der Waals surface area (Å²) >= 11 is 3.10. The number of hydrogen-bond acceptors (Lipinski definition) is 10. The number of carboxylic acids is 1. The Balaban J connectivity index is 0. The highest BCUT2D eigenvalue weighted by molar-refractivity contribution is 9.09. The van der Waals surface area contributed by atoms with Gasteiger partial charge in [-0.05, 0) is 123 Å². The molecular formula is C45H89BrN4O8. The molecule has 0 unspecified atom stereocenters. The first-order valence-corrected chi connectivity index (χ1v) is 22.6. The number of halogens is 1. The number of carbonyl (C=O) groups excluding carboxylic acids is 3. The van der Waals surface area contributed by atoms with Gasteiger partial charge in [-0.25, -0.2) is 0 Å². The normalized spacial score (nSPS) is 18.2. The largest absolute Gasteiger partial charge is 0.481 e. The summed E-state index contributed by atoms with van der Waals surface area (Å²) in [5, 5.41) is 19.1. The van der Waals surface area contributed by atoms with Gasteiger partial charge in [0.2, 0.25) is 5.91 Å². The van der Waals surface area contributed by atoms with Crippen LogP contribution in [0.15, 0.2) is 0 Å². The molecule has 0 aromatic carbocycles. The number of nitrogens with two attached hydrogens (primary N) is 1. The number of amides is 1. The van der Waals surface area contributed by atoms with Crippen molar-refractivity contribution >= 4 is 39.7 Å². The van der Waals surface area contributed by atoms with Gasteiger partial charge in [-0.1, -0.05) is 88.6 Å². The molecule has 0 aliphatic heterocycles. The highest BCUT2D eigenvalue weighted by atomic mass is 79.9. The van der Waals surface area contributed by atoms with Gasteiger partial charge in [0.1, 0.15) is 11.2 Å².